The van der Waals surface area contributed by atoms with Crippen molar-refractivity contribution in [2.45, 2.75) is 58.1 Å². The molecule has 0 aromatic heterocycles. The van der Waals surface area contributed by atoms with E-state index in [9.17, 15) is 10.5 Å². The predicted molar refractivity (Wildman–Crippen MR) is 90.2 cm³/mol. The Morgan fingerprint density at radius 1 is 1.09 bits per heavy atom. The molecule has 0 saturated carbocycles. The Kier molecular flexibility index (Phi) is 5.81. The van der Waals surface area contributed by atoms with Gasteiger partial charge >= 0.3 is 0 Å². The lowest BCUT2D eigenvalue weighted by atomic mass is 9.67. The van der Waals surface area contributed by atoms with Crippen molar-refractivity contribution in [1.82, 2.24) is 0 Å². The van der Waals surface area contributed by atoms with Crippen molar-refractivity contribution in [3.63, 3.8) is 0 Å². The van der Waals surface area contributed by atoms with E-state index in [1.165, 1.54) is 0 Å². The van der Waals surface area contributed by atoms with Crippen LogP contribution in [0, 0.1) is 45.3 Å². The van der Waals surface area contributed by atoms with Crippen molar-refractivity contribution >= 4 is 11.8 Å². The summed E-state index contributed by atoms with van der Waals surface area (Å²) in [5, 5.41) is 19.9. The van der Waals surface area contributed by atoms with Gasteiger partial charge in [0.05, 0.1) is 23.0 Å². The van der Waals surface area contributed by atoms with Gasteiger partial charge in [-0.05, 0) is 49.7 Å². The van der Waals surface area contributed by atoms with E-state index in [1.54, 1.807) is 0 Å². The topological polar surface area (TPSA) is 56.8 Å². The van der Waals surface area contributed by atoms with Gasteiger partial charge in [-0.2, -0.15) is 22.3 Å². The van der Waals surface area contributed by atoms with E-state index in [2.05, 4.69) is 32.9 Å². The van der Waals surface area contributed by atoms with Gasteiger partial charge in [0.1, 0.15) is 0 Å². The fourth-order valence-electron chi connectivity index (χ4n) is 3.95. The number of nitrogens with zero attached hydrogens (tertiary/aromatic N) is 2. The number of hydrogen-bond donors (Lipinski definition) is 0. The minimum Gasteiger partial charge on any atom is -0.381 e. The molecule has 2 rings (SSSR count). The van der Waals surface area contributed by atoms with Crippen LogP contribution in [0.5, 0.6) is 0 Å². The monoisotopic (exact) mass is 320 g/mol. The van der Waals surface area contributed by atoms with E-state index in [1.807, 2.05) is 11.8 Å². The van der Waals surface area contributed by atoms with E-state index < -0.39 is 0 Å². The maximum absolute atomic E-state index is 9.71. The molecule has 0 amide bonds. The molecule has 2 heterocycles. The molecule has 0 aromatic rings. The quantitative estimate of drug-likeness (QED) is 0.770. The molecule has 2 aliphatic rings. The zero-order valence-corrected chi connectivity index (χ0v) is 14.9. The van der Waals surface area contributed by atoms with Crippen molar-refractivity contribution in [1.29, 1.82) is 10.5 Å². The summed E-state index contributed by atoms with van der Waals surface area (Å²) in [6.45, 7) is 8.00. The van der Waals surface area contributed by atoms with Gasteiger partial charge in [-0.15, -0.1) is 0 Å². The third kappa shape index (κ3) is 3.44. The zero-order valence-electron chi connectivity index (χ0n) is 14.1. The molecule has 3 atom stereocenters. The van der Waals surface area contributed by atoms with Crippen LogP contribution in [-0.2, 0) is 4.74 Å². The van der Waals surface area contributed by atoms with Crippen LogP contribution < -0.4 is 0 Å². The van der Waals surface area contributed by atoms with Crippen LogP contribution in [0.1, 0.15) is 52.9 Å². The van der Waals surface area contributed by atoms with Gasteiger partial charge in [-0.1, -0.05) is 20.8 Å². The van der Waals surface area contributed by atoms with Crippen molar-refractivity contribution in [2.24, 2.45) is 22.7 Å². The van der Waals surface area contributed by atoms with E-state index in [4.69, 9.17) is 4.74 Å². The summed E-state index contributed by atoms with van der Waals surface area (Å²) in [5.74, 6) is 1.86. The van der Waals surface area contributed by atoms with E-state index in [-0.39, 0.29) is 10.8 Å². The van der Waals surface area contributed by atoms with Gasteiger partial charge in [0, 0.05) is 18.5 Å². The second kappa shape index (κ2) is 7.24. The third-order valence-electron chi connectivity index (χ3n) is 5.99. The molecule has 0 bridgehead atoms. The normalized spacial score (nSPS) is 32.9. The Balaban J connectivity index is 2.04. The van der Waals surface area contributed by atoms with E-state index in [0.717, 1.165) is 37.9 Å². The first kappa shape index (κ1) is 17.6. The summed E-state index contributed by atoms with van der Waals surface area (Å²) in [6, 6.07) is 5.23. The highest BCUT2D eigenvalue weighted by molar-refractivity contribution is 7.99. The van der Waals surface area contributed by atoms with Crippen LogP contribution >= 0.6 is 11.8 Å². The molecule has 3 nitrogen and oxygen atoms in total. The fourth-order valence-corrected chi connectivity index (χ4v) is 5.61. The van der Waals surface area contributed by atoms with Crippen LogP contribution in [0.2, 0.25) is 0 Å². The summed E-state index contributed by atoms with van der Waals surface area (Å²) in [4.78, 5) is 0. The SMILES string of the molecule is CC(C)C1(C#N)CCSC(CC(C)C2(C#N)CCOCC2)C1. The van der Waals surface area contributed by atoms with E-state index >= 15 is 0 Å². The summed E-state index contributed by atoms with van der Waals surface area (Å²) >= 11 is 2.01. The van der Waals surface area contributed by atoms with Crippen LogP contribution in [0.4, 0.5) is 0 Å². The third-order valence-corrected chi connectivity index (χ3v) is 7.26. The average Bonchev–Trinajstić information content (AvgIpc) is 2.55. The molecule has 3 unspecified atom stereocenters. The molecule has 0 aliphatic carbocycles. The van der Waals surface area contributed by atoms with Gasteiger partial charge in [0.25, 0.3) is 0 Å². The summed E-state index contributed by atoms with van der Waals surface area (Å²) in [5.41, 5.74) is -0.380. The molecule has 0 radical (unpaired) electrons. The lowest BCUT2D eigenvalue weighted by Crippen LogP contribution is -2.38. The first-order chi connectivity index (χ1) is 10.5. The van der Waals surface area contributed by atoms with Gasteiger partial charge in [-0.25, -0.2) is 0 Å². The summed E-state index contributed by atoms with van der Waals surface area (Å²) < 4.78 is 5.45. The van der Waals surface area contributed by atoms with Crippen LogP contribution in [0.15, 0.2) is 0 Å². The lowest BCUT2D eigenvalue weighted by molar-refractivity contribution is 0.0141. The Morgan fingerprint density at radius 2 is 1.73 bits per heavy atom. The molecule has 122 valence electrons. The molecule has 0 spiro atoms. The Labute approximate surface area is 139 Å². The number of thioether (sulfide) groups is 1. The smallest absolute Gasteiger partial charge is 0.0694 e. The lowest BCUT2D eigenvalue weighted by Gasteiger charge is -2.42. The standard InChI is InChI=1S/C18H28N2OS/c1-14(2)18(13-20)6-9-22-16(11-18)10-15(3)17(12-19)4-7-21-8-5-17/h14-16H,4-11H2,1-3H3. The Morgan fingerprint density at radius 3 is 2.27 bits per heavy atom. The fraction of sp³-hybridized carbons (Fsp3) is 0.889. The second-order valence-electron chi connectivity index (χ2n) is 7.39. The van der Waals surface area contributed by atoms with Gasteiger partial charge < -0.3 is 4.74 Å². The van der Waals surface area contributed by atoms with Crippen LogP contribution in [0.25, 0.3) is 0 Å². The molecular formula is C18H28N2OS. The molecule has 0 N–H and O–H groups in total. The Bertz CT molecular complexity index is 459. The molecule has 2 saturated heterocycles. The average molecular weight is 321 g/mol. The molecule has 2 fully saturated rings. The van der Waals surface area contributed by atoms with Crippen molar-refractivity contribution in [3.05, 3.63) is 0 Å². The molecule has 22 heavy (non-hydrogen) atoms. The molecule has 0 aromatic carbocycles. The van der Waals surface area contributed by atoms with E-state index in [0.29, 0.717) is 30.3 Å². The van der Waals surface area contributed by atoms with Gasteiger partial charge in [0.15, 0.2) is 0 Å². The predicted octanol–water partition coefficient (Wildman–Crippen LogP) is 4.39. The molecule has 4 heteroatoms. The summed E-state index contributed by atoms with van der Waals surface area (Å²) in [6.07, 6.45) is 4.75. The van der Waals surface area contributed by atoms with Crippen LogP contribution in [0.3, 0.4) is 0 Å². The zero-order chi connectivity index (χ0) is 16.2. The van der Waals surface area contributed by atoms with Gasteiger partial charge in [-0.3, -0.25) is 0 Å². The molecule has 2 aliphatic heterocycles. The first-order valence-corrected chi connectivity index (χ1v) is 9.55. The number of nitriles is 2. The molecular weight excluding hydrogens is 292 g/mol. The highest BCUT2D eigenvalue weighted by Crippen LogP contribution is 2.48. The number of ether oxygens (including phenoxy) is 1. The summed E-state index contributed by atoms with van der Waals surface area (Å²) in [7, 11) is 0. The Hall–Kier alpha value is -0.710. The number of rotatable bonds is 4. The van der Waals surface area contributed by atoms with Crippen molar-refractivity contribution < 1.29 is 4.74 Å². The first-order valence-electron chi connectivity index (χ1n) is 8.50. The highest BCUT2D eigenvalue weighted by atomic mass is 32.2. The van der Waals surface area contributed by atoms with Gasteiger partial charge in [0.2, 0.25) is 0 Å². The maximum Gasteiger partial charge on any atom is 0.0694 e. The van der Waals surface area contributed by atoms with Crippen molar-refractivity contribution in [3.8, 4) is 12.1 Å². The van der Waals surface area contributed by atoms with Crippen LogP contribution in [-0.4, -0.2) is 24.2 Å². The minimum atomic E-state index is -0.219. The largest absolute Gasteiger partial charge is 0.381 e. The second-order valence-corrected chi connectivity index (χ2v) is 8.79. The minimum absolute atomic E-state index is 0.162. The van der Waals surface area contributed by atoms with Crippen molar-refractivity contribution in [2.75, 3.05) is 19.0 Å². The number of hydrogen-bond acceptors (Lipinski definition) is 4. The maximum atomic E-state index is 9.71. The highest BCUT2D eigenvalue weighted by Gasteiger charge is 2.43.